The number of nitrogens with zero attached hydrogens (tertiary/aromatic N) is 1. The summed E-state index contributed by atoms with van der Waals surface area (Å²) in [6.07, 6.45) is 3.14. The Morgan fingerprint density at radius 2 is 1.95 bits per heavy atom. The van der Waals surface area contributed by atoms with E-state index in [0.717, 1.165) is 36.4 Å². The first-order valence-corrected chi connectivity index (χ1v) is 7.92. The van der Waals surface area contributed by atoms with Crippen LogP contribution in [0.5, 0.6) is 0 Å². The van der Waals surface area contributed by atoms with Crippen LogP contribution in [0.25, 0.3) is 0 Å². The third-order valence-electron chi connectivity index (χ3n) is 3.94. The molecule has 0 amide bonds. The fourth-order valence-electron chi connectivity index (χ4n) is 2.84. The molecule has 4 heteroatoms. The molecule has 0 aromatic heterocycles. The van der Waals surface area contributed by atoms with E-state index >= 15 is 0 Å². The number of nitrogens with one attached hydrogen (secondary N) is 1. The van der Waals surface area contributed by atoms with Crippen molar-refractivity contribution in [3.63, 3.8) is 0 Å². The Bertz CT molecular complexity index is 466. The molecular weight excluding hydrogens is 272 g/mol. The molecule has 3 nitrogen and oxygen atoms in total. The highest BCUT2D eigenvalue weighted by Crippen LogP contribution is 2.29. The van der Waals surface area contributed by atoms with Gasteiger partial charge in [-0.2, -0.15) is 0 Å². The lowest BCUT2D eigenvalue weighted by atomic mass is 10.1. The van der Waals surface area contributed by atoms with Crippen molar-refractivity contribution in [1.29, 1.82) is 0 Å². The number of benzene rings is 1. The molecule has 0 bridgehead atoms. The van der Waals surface area contributed by atoms with Gasteiger partial charge in [-0.15, -0.1) is 0 Å². The van der Waals surface area contributed by atoms with Crippen molar-refractivity contribution < 1.29 is 4.74 Å². The normalized spacial score (nSPS) is 26.9. The van der Waals surface area contributed by atoms with Gasteiger partial charge in [0, 0.05) is 25.7 Å². The minimum absolute atomic E-state index is 0.256. The van der Waals surface area contributed by atoms with E-state index in [1.165, 1.54) is 18.4 Å². The predicted octanol–water partition coefficient (Wildman–Crippen LogP) is 3.21. The van der Waals surface area contributed by atoms with Crippen molar-refractivity contribution in [3.8, 4) is 0 Å². The summed E-state index contributed by atoms with van der Waals surface area (Å²) in [4.78, 5) is 2.33. The Balaban J connectivity index is 1.69. The molecule has 2 atom stereocenters. The molecule has 110 valence electrons. The van der Waals surface area contributed by atoms with Crippen molar-refractivity contribution in [2.45, 2.75) is 51.5 Å². The largest absolute Gasteiger partial charge is 0.372 e. The first-order valence-electron chi connectivity index (χ1n) is 7.54. The van der Waals surface area contributed by atoms with Crippen LogP contribution in [0.4, 0.5) is 5.69 Å². The monoisotopic (exact) mass is 294 g/mol. The number of hydrogen-bond acceptors (Lipinski definition) is 3. The summed E-state index contributed by atoms with van der Waals surface area (Å²) in [7, 11) is 0. The Hall–Kier alpha value is -0.770. The zero-order chi connectivity index (χ0) is 14.1. The maximum Gasteiger partial charge on any atom is 0.0726 e. The van der Waals surface area contributed by atoms with Crippen LogP contribution < -0.4 is 10.2 Å². The van der Waals surface area contributed by atoms with Gasteiger partial charge in [-0.25, -0.2) is 0 Å². The van der Waals surface area contributed by atoms with E-state index in [9.17, 15) is 0 Å². The Kier molecular flexibility index (Phi) is 4.20. The minimum Gasteiger partial charge on any atom is -0.372 e. The maximum absolute atomic E-state index is 6.48. The predicted molar refractivity (Wildman–Crippen MR) is 83.5 cm³/mol. The standard InChI is InChI=1S/C16H23ClN2O/c1-11-9-19(10-12(2)20-11)16-6-3-13(7-15(16)17)8-18-14-4-5-14/h3,6-7,11-12,14,18H,4-5,8-10H2,1-2H3/t11-,12+. The van der Waals surface area contributed by atoms with Crippen molar-refractivity contribution in [2.75, 3.05) is 18.0 Å². The second kappa shape index (κ2) is 5.92. The van der Waals surface area contributed by atoms with Crippen LogP contribution in [-0.4, -0.2) is 31.3 Å². The van der Waals surface area contributed by atoms with Crippen LogP contribution in [0.1, 0.15) is 32.3 Å². The summed E-state index contributed by atoms with van der Waals surface area (Å²) >= 11 is 6.48. The highest BCUT2D eigenvalue weighted by molar-refractivity contribution is 6.33. The van der Waals surface area contributed by atoms with Gasteiger partial charge in [0.2, 0.25) is 0 Å². The summed E-state index contributed by atoms with van der Waals surface area (Å²) in [5.41, 5.74) is 2.39. The van der Waals surface area contributed by atoms with E-state index in [1.807, 2.05) is 0 Å². The molecule has 2 aliphatic rings. The summed E-state index contributed by atoms with van der Waals surface area (Å²) in [6.45, 7) is 6.96. The molecule has 1 saturated heterocycles. The van der Waals surface area contributed by atoms with Gasteiger partial charge in [-0.05, 0) is 44.4 Å². The molecule has 1 aliphatic heterocycles. The first kappa shape index (κ1) is 14.2. The molecule has 1 aromatic rings. The van der Waals surface area contributed by atoms with Gasteiger partial charge in [0.05, 0.1) is 22.9 Å². The van der Waals surface area contributed by atoms with Crippen LogP contribution in [0.15, 0.2) is 18.2 Å². The van der Waals surface area contributed by atoms with E-state index in [-0.39, 0.29) is 12.2 Å². The van der Waals surface area contributed by atoms with Crippen LogP contribution in [0.2, 0.25) is 5.02 Å². The highest BCUT2D eigenvalue weighted by Gasteiger charge is 2.24. The lowest BCUT2D eigenvalue weighted by molar-refractivity contribution is -0.00520. The first-order chi connectivity index (χ1) is 9.61. The Labute approximate surface area is 126 Å². The van der Waals surface area contributed by atoms with E-state index < -0.39 is 0 Å². The topological polar surface area (TPSA) is 24.5 Å². The fraction of sp³-hybridized carbons (Fsp3) is 0.625. The third kappa shape index (κ3) is 3.46. The van der Waals surface area contributed by atoms with Crippen molar-refractivity contribution >= 4 is 17.3 Å². The van der Waals surface area contributed by atoms with Crippen molar-refractivity contribution in [3.05, 3.63) is 28.8 Å². The second-order valence-corrected chi connectivity index (χ2v) is 6.51. The molecule has 2 fully saturated rings. The summed E-state index contributed by atoms with van der Waals surface area (Å²) in [5.74, 6) is 0. The molecule has 1 N–H and O–H groups in total. The lowest BCUT2D eigenvalue weighted by Crippen LogP contribution is -2.45. The van der Waals surface area contributed by atoms with Crippen molar-refractivity contribution in [2.24, 2.45) is 0 Å². The van der Waals surface area contributed by atoms with Gasteiger partial charge in [-0.1, -0.05) is 17.7 Å². The molecular formula is C16H23ClN2O. The van der Waals surface area contributed by atoms with Gasteiger partial charge in [0.25, 0.3) is 0 Å². The van der Waals surface area contributed by atoms with Gasteiger partial charge in [0.15, 0.2) is 0 Å². The third-order valence-corrected chi connectivity index (χ3v) is 4.25. The van der Waals surface area contributed by atoms with Gasteiger partial charge < -0.3 is 15.0 Å². The number of hydrogen-bond donors (Lipinski definition) is 1. The lowest BCUT2D eigenvalue weighted by Gasteiger charge is -2.37. The molecule has 0 spiro atoms. The van der Waals surface area contributed by atoms with Crippen molar-refractivity contribution in [1.82, 2.24) is 5.32 Å². The zero-order valence-corrected chi connectivity index (χ0v) is 13.0. The quantitative estimate of drug-likeness (QED) is 0.923. The SMILES string of the molecule is C[C@@H]1CN(c2ccc(CNC3CC3)cc2Cl)C[C@H](C)O1. The number of halogens is 1. The van der Waals surface area contributed by atoms with E-state index in [2.05, 4.69) is 42.3 Å². The molecule has 0 radical (unpaired) electrons. The molecule has 1 aromatic carbocycles. The number of morpholine rings is 1. The van der Waals surface area contributed by atoms with E-state index in [0.29, 0.717) is 0 Å². The van der Waals surface area contributed by atoms with Gasteiger partial charge in [0.1, 0.15) is 0 Å². The van der Waals surface area contributed by atoms with Crippen LogP contribution in [0.3, 0.4) is 0 Å². The molecule has 0 unspecified atom stereocenters. The Morgan fingerprint density at radius 3 is 2.55 bits per heavy atom. The maximum atomic E-state index is 6.48. The summed E-state index contributed by atoms with van der Waals surface area (Å²) in [6, 6.07) is 7.16. The van der Waals surface area contributed by atoms with Crippen LogP contribution >= 0.6 is 11.6 Å². The number of rotatable bonds is 4. The molecule has 1 aliphatic carbocycles. The zero-order valence-electron chi connectivity index (χ0n) is 12.2. The number of anilines is 1. The molecule has 1 saturated carbocycles. The van der Waals surface area contributed by atoms with Crippen LogP contribution in [-0.2, 0) is 11.3 Å². The smallest absolute Gasteiger partial charge is 0.0726 e. The van der Waals surface area contributed by atoms with Gasteiger partial charge in [-0.3, -0.25) is 0 Å². The minimum atomic E-state index is 0.256. The fourth-order valence-corrected chi connectivity index (χ4v) is 3.16. The number of ether oxygens (including phenoxy) is 1. The second-order valence-electron chi connectivity index (χ2n) is 6.10. The van der Waals surface area contributed by atoms with E-state index in [1.54, 1.807) is 0 Å². The molecule has 20 heavy (non-hydrogen) atoms. The molecule has 1 heterocycles. The average molecular weight is 295 g/mol. The highest BCUT2D eigenvalue weighted by atomic mass is 35.5. The Morgan fingerprint density at radius 1 is 1.25 bits per heavy atom. The summed E-state index contributed by atoms with van der Waals surface area (Å²) in [5, 5.41) is 4.37. The molecule has 3 rings (SSSR count). The average Bonchev–Trinajstić information content (AvgIpc) is 3.19. The van der Waals surface area contributed by atoms with Gasteiger partial charge >= 0.3 is 0 Å². The summed E-state index contributed by atoms with van der Waals surface area (Å²) < 4.78 is 5.78. The van der Waals surface area contributed by atoms with Crippen LogP contribution in [0, 0.1) is 0 Å². The van der Waals surface area contributed by atoms with E-state index in [4.69, 9.17) is 16.3 Å².